The number of ether oxygens (including phenoxy) is 1. The van der Waals surface area contributed by atoms with Crippen LogP contribution in [0.4, 0.5) is 0 Å². The van der Waals surface area contributed by atoms with Crippen molar-refractivity contribution in [3.8, 4) is 0 Å². The Hall–Kier alpha value is -0.0800. The summed E-state index contributed by atoms with van der Waals surface area (Å²) in [6.45, 7) is 11.0. The maximum atomic E-state index is 6.43. The molecule has 2 heteroatoms. The van der Waals surface area contributed by atoms with E-state index in [9.17, 15) is 0 Å². The maximum absolute atomic E-state index is 6.43. The zero-order valence-corrected chi connectivity index (χ0v) is 12.2. The third-order valence-electron chi connectivity index (χ3n) is 3.72. The monoisotopic (exact) mass is 241 g/mol. The van der Waals surface area contributed by atoms with Gasteiger partial charge in [0.15, 0.2) is 0 Å². The minimum Gasteiger partial charge on any atom is -0.371 e. The summed E-state index contributed by atoms with van der Waals surface area (Å²) in [6.07, 6.45) is 8.10. The van der Waals surface area contributed by atoms with Crippen LogP contribution in [0.3, 0.4) is 0 Å². The van der Waals surface area contributed by atoms with Crippen LogP contribution in [0.5, 0.6) is 0 Å². The van der Waals surface area contributed by atoms with Gasteiger partial charge in [-0.25, -0.2) is 0 Å². The quantitative estimate of drug-likeness (QED) is 0.733. The van der Waals surface area contributed by atoms with Crippen molar-refractivity contribution in [2.45, 2.75) is 77.9 Å². The molecule has 0 aliphatic heterocycles. The topological polar surface area (TPSA) is 21.3 Å². The van der Waals surface area contributed by atoms with E-state index in [1.165, 1.54) is 38.5 Å². The van der Waals surface area contributed by atoms with Crippen LogP contribution >= 0.6 is 0 Å². The van der Waals surface area contributed by atoms with Crippen LogP contribution in [0.1, 0.15) is 66.2 Å². The third-order valence-corrected chi connectivity index (χ3v) is 3.72. The van der Waals surface area contributed by atoms with E-state index in [-0.39, 0.29) is 5.60 Å². The molecule has 0 aromatic heterocycles. The molecule has 0 aromatic carbocycles. The van der Waals surface area contributed by atoms with Gasteiger partial charge >= 0.3 is 0 Å². The van der Waals surface area contributed by atoms with Crippen LogP contribution in [0, 0.1) is 5.92 Å². The predicted molar refractivity (Wildman–Crippen MR) is 74.4 cm³/mol. The molecule has 2 nitrogen and oxygen atoms in total. The van der Waals surface area contributed by atoms with Gasteiger partial charge in [-0.1, -0.05) is 40.0 Å². The molecule has 0 amide bonds. The zero-order chi connectivity index (χ0) is 12.7. The molecule has 1 aliphatic rings. The second kappa shape index (κ2) is 7.38. The molecule has 1 fully saturated rings. The highest BCUT2D eigenvalue weighted by Gasteiger charge is 2.34. The second-order valence-electron chi connectivity index (χ2n) is 6.08. The Morgan fingerprint density at radius 1 is 1.12 bits per heavy atom. The van der Waals surface area contributed by atoms with Gasteiger partial charge in [0, 0.05) is 6.54 Å². The van der Waals surface area contributed by atoms with Gasteiger partial charge in [0.05, 0.1) is 11.7 Å². The minimum absolute atomic E-state index is 0.128. The predicted octanol–water partition coefficient (Wildman–Crippen LogP) is 3.75. The summed E-state index contributed by atoms with van der Waals surface area (Å²) in [5.74, 6) is 0.727. The molecule has 0 saturated heterocycles. The molecule has 1 unspecified atom stereocenters. The second-order valence-corrected chi connectivity index (χ2v) is 6.08. The molecular formula is C15H31NO. The Balaban J connectivity index is 2.49. The zero-order valence-electron chi connectivity index (χ0n) is 12.2. The number of hydrogen-bond donors (Lipinski definition) is 1. The number of hydrogen-bond acceptors (Lipinski definition) is 2. The molecule has 1 atom stereocenters. The van der Waals surface area contributed by atoms with Crippen molar-refractivity contribution < 1.29 is 4.74 Å². The van der Waals surface area contributed by atoms with E-state index in [1.54, 1.807) is 0 Å². The lowest BCUT2D eigenvalue weighted by atomic mass is 9.84. The van der Waals surface area contributed by atoms with Crippen LogP contribution in [0.2, 0.25) is 0 Å². The highest BCUT2D eigenvalue weighted by Crippen LogP contribution is 2.33. The van der Waals surface area contributed by atoms with Crippen LogP contribution < -0.4 is 5.32 Å². The molecule has 0 spiro atoms. The van der Waals surface area contributed by atoms with Gasteiger partial charge in [-0.2, -0.15) is 0 Å². The van der Waals surface area contributed by atoms with Crippen LogP contribution in [-0.2, 0) is 4.74 Å². The van der Waals surface area contributed by atoms with Gasteiger partial charge in [-0.15, -0.1) is 0 Å². The van der Waals surface area contributed by atoms with Gasteiger partial charge in [0.2, 0.25) is 0 Å². The summed E-state index contributed by atoms with van der Waals surface area (Å²) < 4.78 is 6.43. The molecule has 1 aliphatic carbocycles. The molecule has 0 bridgehead atoms. The summed E-state index contributed by atoms with van der Waals surface area (Å²) in [6, 6.07) is 0. The number of nitrogens with one attached hydrogen (secondary N) is 1. The summed E-state index contributed by atoms with van der Waals surface area (Å²) >= 11 is 0. The number of rotatable bonds is 7. The van der Waals surface area contributed by atoms with Gasteiger partial charge < -0.3 is 10.1 Å². The first-order chi connectivity index (χ1) is 8.08. The van der Waals surface area contributed by atoms with Crippen molar-refractivity contribution in [3.05, 3.63) is 0 Å². The fourth-order valence-electron chi connectivity index (χ4n) is 3.02. The minimum atomic E-state index is 0.128. The fourth-order valence-corrected chi connectivity index (χ4v) is 3.02. The Kier molecular flexibility index (Phi) is 6.50. The van der Waals surface area contributed by atoms with Crippen molar-refractivity contribution in [1.29, 1.82) is 0 Å². The Morgan fingerprint density at radius 3 is 2.29 bits per heavy atom. The molecule has 0 heterocycles. The Bertz CT molecular complexity index is 197. The lowest BCUT2D eigenvalue weighted by molar-refractivity contribution is -0.110. The highest BCUT2D eigenvalue weighted by molar-refractivity contribution is 4.87. The van der Waals surface area contributed by atoms with Crippen molar-refractivity contribution in [2.24, 2.45) is 5.92 Å². The summed E-state index contributed by atoms with van der Waals surface area (Å²) in [7, 11) is 0. The average Bonchev–Trinajstić information content (AvgIpc) is 2.26. The molecule has 1 saturated carbocycles. The maximum Gasteiger partial charge on any atom is 0.0809 e. The van der Waals surface area contributed by atoms with Crippen molar-refractivity contribution in [3.63, 3.8) is 0 Å². The summed E-state index contributed by atoms with van der Waals surface area (Å²) in [5, 5.41) is 3.49. The highest BCUT2D eigenvalue weighted by atomic mass is 16.5. The van der Waals surface area contributed by atoms with Crippen molar-refractivity contribution in [1.82, 2.24) is 5.32 Å². The molecule has 17 heavy (non-hydrogen) atoms. The van der Waals surface area contributed by atoms with Crippen LogP contribution in [-0.4, -0.2) is 24.8 Å². The average molecular weight is 241 g/mol. The van der Waals surface area contributed by atoms with Gasteiger partial charge in [-0.3, -0.25) is 0 Å². The van der Waals surface area contributed by atoms with Gasteiger partial charge in [0.25, 0.3) is 0 Å². The number of likely N-dealkylation sites (N-methyl/N-ethyl adjacent to an activating group) is 1. The Morgan fingerprint density at radius 2 is 1.76 bits per heavy atom. The molecule has 102 valence electrons. The first-order valence-electron chi connectivity index (χ1n) is 7.46. The van der Waals surface area contributed by atoms with E-state index >= 15 is 0 Å². The normalized spacial score (nSPS) is 21.7. The molecule has 1 rings (SSSR count). The van der Waals surface area contributed by atoms with Crippen LogP contribution in [0.15, 0.2) is 0 Å². The standard InChI is InChI=1S/C15H31NO/c1-5-16-12-15(9-7-6-8-10-15)17-14(4)11-13(2)3/h13-14,16H,5-12H2,1-4H3. The summed E-state index contributed by atoms with van der Waals surface area (Å²) in [4.78, 5) is 0. The Labute approximate surface area is 108 Å². The lowest BCUT2D eigenvalue weighted by Crippen LogP contribution is -2.46. The molecule has 1 N–H and O–H groups in total. The van der Waals surface area contributed by atoms with E-state index in [0.717, 1.165) is 19.0 Å². The van der Waals surface area contributed by atoms with Gasteiger partial charge in [-0.05, 0) is 38.6 Å². The van der Waals surface area contributed by atoms with Gasteiger partial charge in [0.1, 0.15) is 0 Å². The fraction of sp³-hybridized carbons (Fsp3) is 1.00. The van der Waals surface area contributed by atoms with E-state index < -0.39 is 0 Å². The van der Waals surface area contributed by atoms with E-state index in [4.69, 9.17) is 4.74 Å². The van der Waals surface area contributed by atoms with E-state index in [2.05, 4.69) is 33.0 Å². The van der Waals surface area contributed by atoms with Crippen molar-refractivity contribution >= 4 is 0 Å². The lowest BCUT2D eigenvalue weighted by Gasteiger charge is -2.40. The smallest absolute Gasteiger partial charge is 0.0809 e. The SMILES string of the molecule is CCNCC1(OC(C)CC(C)C)CCCCC1. The first-order valence-corrected chi connectivity index (χ1v) is 7.46. The molecule has 0 radical (unpaired) electrons. The summed E-state index contributed by atoms with van der Waals surface area (Å²) in [5.41, 5.74) is 0.128. The third kappa shape index (κ3) is 5.39. The van der Waals surface area contributed by atoms with Crippen molar-refractivity contribution in [2.75, 3.05) is 13.1 Å². The molecule has 0 aromatic rings. The first kappa shape index (κ1) is 15.0. The molecular weight excluding hydrogens is 210 g/mol. The van der Waals surface area contributed by atoms with Crippen LogP contribution in [0.25, 0.3) is 0 Å². The van der Waals surface area contributed by atoms with E-state index in [1.807, 2.05) is 0 Å². The van der Waals surface area contributed by atoms with E-state index in [0.29, 0.717) is 6.10 Å². The largest absolute Gasteiger partial charge is 0.371 e.